The maximum atomic E-state index is 13.3. The van der Waals surface area contributed by atoms with E-state index >= 15 is 0 Å². The number of likely N-dealkylation sites (tertiary alicyclic amines) is 1. The van der Waals surface area contributed by atoms with Gasteiger partial charge in [-0.25, -0.2) is 0 Å². The summed E-state index contributed by atoms with van der Waals surface area (Å²) in [4.78, 5) is 15.4. The van der Waals surface area contributed by atoms with Gasteiger partial charge in [0, 0.05) is 24.5 Å². The third-order valence-electron chi connectivity index (χ3n) is 6.69. The van der Waals surface area contributed by atoms with Crippen molar-refractivity contribution in [1.29, 1.82) is 0 Å². The van der Waals surface area contributed by atoms with E-state index < -0.39 is 0 Å². The Bertz CT molecular complexity index is 803. The molecular formula is C23H32ClN3O. The van der Waals surface area contributed by atoms with Crippen LogP contribution in [0.2, 0.25) is 0 Å². The van der Waals surface area contributed by atoms with Crippen LogP contribution in [0.1, 0.15) is 53.1 Å². The van der Waals surface area contributed by atoms with Gasteiger partial charge in [-0.15, -0.1) is 12.4 Å². The van der Waals surface area contributed by atoms with Crippen LogP contribution in [-0.4, -0.2) is 41.6 Å². The average molecular weight is 402 g/mol. The quantitative estimate of drug-likeness (QED) is 0.836. The van der Waals surface area contributed by atoms with Gasteiger partial charge in [0.1, 0.15) is 0 Å². The van der Waals surface area contributed by atoms with Gasteiger partial charge in [-0.1, -0.05) is 30.3 Å². The number of carbonyl (C=O) groups excluding carboxylic acids is 1. The van der Waals surface area contributed by atoms with Crippen molar-refractivity contribution in [2.45, 2.75) is 39.7 Å². The smallest absolute Gasteiger partial charge is 0.255 e. The number of nitrogens with one attached hydrogen (secondary N) is 1. The third-order valence-corrected chi connectivity index (χ3v) is 6.69. The van der Waals surface area contributed by atoms with Crippen molar-refractivity contribution in [2.24, 2.45) is 11.8 Å². The second-order valence-corrected chi connectivity index (χ2v) is 8.29. The first-order valence-electron chi connectivity index (χ1n) is 10.3. The molecule has 28 heavy (non-hydrogen) atoms. The van der Waals surface area contributed by atoms with Crippen LogP contribution >= 0.6 is 12.4 Å². The number of hydrogen-bond acceptors (Lipinski definition) is 2. The summed E-state index contributed by atoms with van der Waals surface area (Å²) in [5.74, 6) is 1.70. The van der Waals surface area contributed by atoms with Crippen molar-refractivity contribution in [3.05, 3.63) is 58.9 Å². The number of rotatable bonds is 3. The molecule has 2 aromatic rings. The van der Waals surface area contributed by atoms with E-state index in [0.717, 1.165) is 67.8 Å². The predicted molar refractivity (Wildman–Crippen MR) is 116 cm³/mol. The highest BCUT2D eigenvalue weighted by atomic mass is 35.5. The molecule has 1 unspecified atom stereocenters. The molecule has 5 heteroatoms. The SMILES string of the molecule is Cc1cc(C(=O)N2CC[C@@H]3CNC[C@@H]3CC2)c(C)n1C(C)c1ccccc1.Cl. The van der Waals surface area contributed by atoms with Gasteiger partial charge in [0.25, 0.3) is 5.91 Å². The summed E-state index contributed by atoms with van der Waals surface area (Å²) in [6.07, 6.45) is 2.26. The van der Waals surface area contributed by atoms with Gasteiger partial charge >= 0.3 is 0 Å². The highest BCUT2D eigenvalue weighted by Crippen LogP contribution is 2.30. The fraction of sp³-hybridized carbons (Fsp3) is 0.522. The van der Waals surface area contributed by atoms with Gasteiger partial charge < -0.3 is 14.8 Å². The van der Waals surface area contributed by atoms with E-state index in [1.165, 1.54) is 5.56 Å². The maximum Gasteiger partial charge on any atom is 0.255 e. The predicted octanol–water partition coefficient (Wildman–Crippen LogP) is 4.21. The minimum atomic E-state index is 0. The van der Waals surface area contributed by atoms with Crippen LogP contribution in [0.4, 0.5) is 0 Å². The molecule has 0 bridgehead atoms. The topological polar surface area (TPSA) is 37.3 Å². The van der Waals surface area contributed by atoms with Crippen molar-refractivity contribution in [2.75, 3.05) is 26.2 Å². The van der Waals surface area contributed by atoms with E-state index in [1.807, 2.05) is 6.07 Å². The van der Waals surface area contributed by atoms with E-state index in [-0.39, 0.29) is 24.4 Å². The first-order chi connectivity index (χ1) is 13.1. The van der Waals surface area contributed by atoms with Crippen LogP contribution in [0, 0.1) is 25.7 Å². The normalized spacial score (nSPS) is 22.9. The molecule has 1 amide bonds. The lowest BCUT2D eigenvalue weighted by molar-refractivity contribution is 0.0757. The number of halogens is 1. The molecule has 1 aromatic carbocycles. The van der Waals surface area contributed by atoms with Crippen LogP contribution < -0.4 is 5.32 Å². The molecule has 3 atom stereocenters. The molecule has 3 heterocycles. The lowest BCUT2D eigenvalue weighted by Crippen LogP contribution is -2.33. The van der Waals surface area contributed by atoms with Crippen LogP contribution in [-0.2, 0) is 0 Å². The first-order valence-corrected chi connectivity index (χ1v) is 10.3. The summed E-state index contributed by atoms with van der Waals surface area (Å²) in [5.41, 5.74) is 4.39. The van der Waals surface area contributed by atoms with Gasteiger partial charge in [0.05, 0.1) is 11.6 Å². The number of hydrogen-bond donors (Lipinski definition) is 1. The Balaban J connectivity index is 0.00000225. The lowest BCUT2D eigenvalue weighted by Gasteiger charge is -2.22. The molecule has 0 spiro atoms. The molecule has 0 radical (unpaired) electrons. The number of benzene rings is 1. The fourth-order valence-electron chi connectivity index (χ4n) is 5.06. The third kappa shape index (κ3) is 3.85. The van der Waals surface area contributed by atoms with Crippen LogP contribution in [0.15, 0.2) is 36.4 Å². The van der Waals surface area contributed by atoms with Gasteiger partial charge in [-0.05, 0) is 70.2 Å². The van der Waals surface area contributed by atoms with Crippen molar-refractivity contribution in [3.63, 3.8) is 0 Å². The van der Waals surface area contributed by atoms with E-state index in [4.69, 9.17) is 0 Å². The molecule has 4 nitrogen and oxygen atoms in total. The van der Waals surface area contributed by atoms with Crippen molar-refractivity contribution < 1.29 is 4.79 Å². The van der Waals surface area contributed by atoms with Gasteiger partial charge in [0.15, 0.2) is 0 Å². The number of aryl methyl sites for hydroxylation is 1. The Morgan fingerprint density at radius 2 is 1.68 bits per heavy atom. The molecule has 1 aromatic heterocycles. The van der Waals surface area contributed by atoms with Gasteiger partial charge in [-0.3, -0.25) is 4.79 Å². The monoisotopic (exact) mass is 401 g/mol. The second kappa shape index (κ2) is 8.71. The lowest BCUT2D eigenvalue weighted by atomic mass is 9.92. The zero-order valence-electron chi connectivity index (χ0n) is 17.1. The minimum absolute atomic E-state index is 0. The molecule has 2 saturated heterocycles. The van der Waals surface area contributed by atoms with Crippen LogP contribution in [0.3, 0.4) is 0 Å². The zero-order valence-corrected chi connectivity index (χ0v) is 18.0. The maximum absolute atomic E-state index is 13.3. The summed E-state index contributed by atoms with van der Waals surface area (Å²) in [7, 11) is 0. The molecular weight excluding hydrogens is 370 g/mol. The van der Waals surface area contributed by atoms with Gasteiger partial charge in [-0.2, -0.15) is 0 Å². The summed E-state index contributed by atoms with van der Waals surface area (Å²) in [6, 6.07) is 12.8. The van der Waals surface area contributed by atoms with Gasteiger partial charge in [0.2, 0.25) is 0 Å². The molecule has 1 N–H and O–H groups in total. The van der Waals surface area contributed by atoms with Crippen LogP contribution in [0.5, 0.6) is 0 Å². The van der Waals surface area contributed by atoms with Crippen LogP contribution in [0.25, 0.3) is 0 Å². The number of aromatic nitrogens is 1. The second-order valence-electron chi connectivity index (χ2n) is 8.29. The summed E-state index contributed by atoms with van der Waals surface area (Å²) >= 11 is 0. The fourth-order valence-corrected chi connectivity index (χ4v) is 5.06. The summed E-state index contributed by atoms with van der Waals surface area (Å²) < 4.78 is 2.30. The Morgan fingerprint density at radius 1 is 1.07 bits per heavy atom. The standard InChI is InChI=1S/C23H31N3O.ClH/c1-16-13-22(18(3)26(16)17(2)19-7-5-4-6-8-19)23(27)25-11-9-20-14-24-15-21(20)10-12-25;/h4-8,13,17,20-21,24H,9-12,14-15H2,1-3H3;1H/t17?,20-,21+;. The number of fused-ring (bicyclic) bond motifs is 1. The van der Waals surface area contributed by atoms with E-state index in [9.17, 15) is 4.79 Å². The number of amides is 1. The zero-order chi connectivity index (χ0) is 19.0. The Labute approximate surface area is 174 Å². The highest BCUT2D eigenvalue weighted by molar-refractivity contribution is 5.95. The Morgan fingerprint density at radius 3 is 2.29 bits per heavy atom. The van der Waals surface area contributed by atoms with E-state index in [1.54, 1.807) is 0 Å². The molecule has 2 aliphatic rings. The number of nitrogens with zero attached hydrogens (tertiary/aromatic N) is 2. The van der Waals surface area contributed by atoms with Crippen molar-refractivity contribution in [3.8, 4) is 0 Å². The molecule has 0 aliphatic carbocycles. The average Bonchev–Trinajstić information content (AvgIpc) is 3.19. The highest BCUT2D eigenvalue weighted by Gasteiger charge is 2.32. The molecule has 2 aliphatic heterocycles. The van der Waals surface area contributed by atoms with Crippen molar-refractivity contribution >= 4 is 18.3 Å². The molecule has 4 rings (SSSR count). The largest absolute Gasteiger partial charge is 0.341 e. The number of carbonyl (C=O) groups is 1. The minimum Gasteiger partial charge on any atom is -0.341 e. The summed E-state index contributed by atoms with van der Waals surface area (Å²) in [5, 5.41) is 3.51. The van der Waals surface area contributed by atoms with Crippen molar-refractivity contribution in [1.82, 2.24) is 14.8 Å². The molecule has 2 fully saturated rings. The molecule has 0 saturated carbocycles. The Hall–Kier alpha value is -1.78. The first kappa shape index (κ1) is 20.9. The van der Waals surface area contributed by atoms with E-state index in [0.29, 0.717) is 0 Å². The summed E-state index contributed by atoms with van der Waals surface area (Å²) in [6.45, 7) is 10.4. The Kier molecular flexibility index (Phi) is 6.51. The molecule has 152 valence electrons. The van der Waals surface area contributed by atoms with E-state index in [2.05, 4.69) is 65.9 Å².